The molecule has 10 heteroatoms. The highest BCUT2D eigenvalue weighted by atomic mass is 16.6. The minimum absolute atomic E-state index is 0.183. The monoisotopic (exact) mass is 463 g/mol. The molecule has 2 aromatic carbocycles. The number of hydrazone groups is 1. The number of esters is 1. The van der Waals surface area contributed by atoms with Gasteiger partial charge in [0.2, 0.25) is 0 Å². The van der Waals surface area contributed by atoms with Crippen LogP contribution in [0.15, 0.2) is 76.4 Å². The van der Waals surface area contributed by atoms with Gasteiger partial charge in [-0.2, -0.15) is 5.10 Å². The first-order valence-corrected chi connectivity index (χ1v) is 10.4. The molecule has 34 heavy (non-hydrogen) atoms. The molecule has 3 aromatic rings. The number of methoxy groups -OCH3 is 1. The standard InChI is InChI=1S/C24H21N3O7/c1-32-18-10-8-16(9-11-18)19-14-21(22-7-4-12-33-22)26(25-19)23(28)15-34-24(29)13-17-5-2-3-6-20(17)27(30)31/h2-12,21H,13-15H2,1H3. The first-order valence-electron chi connectivity index (χ1n) is 10.4. The number of furan rings is 1. The van der Waals surface area contributed by atoms with Crippen LogP contribution < -0.4 is 4.74 Å². The van der Waals surface area contributed by atoms with E-state index in [1.165, 1.54) is 29.5 Å². The Balaban J connectivity index is 1.46. The van der Waals surface area contributed by atoms with E-state index in [4.69, 9.17) is 13.9 Å². The maximum atomic E-state index is 12.9. The van der Waals surface area contributed by atoms with Crippen LogP contribution in [0.5, 0.6) is 5.75 Å². The van der Waals surface area contributed by atoms with Gasteiger partial charge in [0.1, 0.15) is 17.6 Å². The fourth-order valence-electron chi connectivity index (χ4n) is 3.65. The molecule has 2 heterocycles. The van der Waals surface area contributed by atoms with Crippen LogP contribution in [0.4, 0.5) is 5.69 Å². The van der Waals surface area contributed by atoms with Crippen molar-refractivity contribution < 1.29 is 28.4 Å². The lowest BCUT2D eigenvalue weighted by molar-refractivity contribution is -0.385. The maximum absolute atomic E-state index is 12.9. The van der Waals surface area contributed by atoms with Crippen LogP contribution in [0, 0.1) is 10.1 Å². The molecule has 0 radical (unpaired) electrons. The number of hydrogen-bond acceptors (Lipinski definition) is 8. The van der Waals surface area contributed by atoms with E-state index in [1.807, 2.05) is 12.1 Å². The summed E-state index contributed by atoms with van der Waals surface area (Å²) in [7, 11) is 1.58. The van der Waals surface area contributed by atoms with Crippen LogP contribution in [0.3, 0.4) is 0 Å². The van der Waals surface area contributed by atoms with Gasteiger partial charge in [0.25, 0.3) is 11.6 Å². The lowest BCUT2D eigenvalue weighted by Gasteiger charge is -2.19. The van der Waals surface area contributed by atoms with Gasteiger partial charge in [-0.15, -0.1) is 0 Å². The Morgan fingerprint density at radius 2 is 1.91 bits per heavy atom. The Bertz CT molecular complexity index is 1220. The minimum atomic E-state index is -0.754. The van der Waals surface area contributed by atoms with Crippen molar-refractivity contribution in [3.05, 3.63) is 93.9 Å². The molecule has 1 unspecified atom stereocenters. The summed E-state index contributed by atoms with van der Waals surface area (Å²) in [6, 6.07) is 16.1. The van der Waals surface area contributed by atoms with Crippen LogP contribution in [0.25, 0.3) is 0 Å². The van der Waals surface area contributed by atoms with Crippen LogP contribution in [-0.2, 0) is 20.7 Å². The summed E-state index contributed by atoms with van der Waals surface area (Å²) in [5.41, 5.74) is 1.51. The van der Waals surface area contributed by atoms with Gasteiger partial charge in [0, 0.05) is 18.1 Å². The highest BCUT2D eigenvalue weighted by Gasteiger charge is 2.35. The third-order valence-electron chi connectivity index (χ3n) is 5.34. The first kappa shape index (κ1) is 22.7. The number of hydrogen-bond donors (Lipinski definition) is 0. The number of nitro benzene ring substituents is 1. The molecule has 1 aromatic heterocycles. The molecule has 174 valence electrons. The zero-order valence-electron chi connectivity index (χ0n) is 18.2. The lowest BCUT2D eigenvalue weighted by atomic mass is 10.0. The van der Waals surface area contributed by atoms with Crippen molar-refractivity contribution in [2.24, 2.45) is 5.10 Å². The number of nitrogens with zero attached hydrogens (tertiary/aromatic N) is 3. The molecule has 0 aliphatic carbocycles. The zero-order chi connectivity index (χ0) is 24.1. The van der Waals surface area contributed by atoms with Gasteiger partial charge < -0.3 is 13.9 Å². The normalized spacial score (nSPS) is 15.0. The van der Waals surface area contributed by atoms with E-state index in [0.29, 0.717) is 23.6 Å². The van der Waals surface area contributed by atoms with Gasteiger partial charge in [-0.3, -0.25) is 19.7 Å². The molecule has 10 nitrogen and oxygen atoms in total. The molecule has 0 N–H and O–H groups in total. The Morgan fingerprint density at radius 3 is 2.59 bits per heavy atom. The van der Waals surface area contributed by atoms with Gasteiger partial charge in [-0.05, 0) is 42.0 Å². The number of carbonyl (C=O) groups excluding carboxylic acids is 2. The Kier molecular flexibility index (Phi) is 6.67. The molecule has 4 rings (SSSR count). The van der Waals surface area contributed by atoms with E-state index in [-0.39, 0.29) is 17.7 Å². The highest BCUT2D eigenvalue weighted by Crippen LogP contribution is 2.33. The lowest BCUT2D eigenvalue weighted by Crippen LogP contribution is -2.31. The maximum Gasteiger partial charge on any atom is 0.311 e. The third kappa shape index (κ3) is 4.96. The van der Waals surface area contributed by atoms with Gasteiger partial charge >= 0.3 is 5.97 Å². The molecular weight excluding hydrogens is 442 g/mol. The molecule has 0 fully saturated rings. The number of benzene rings is 2. The van der Waals surface area contributed by atoms with Crippen molar-refractivity contribution >= 4 is 23.3 Å². The number of rotatable bonds is 8. The Morgan fingerprint density at radius 1 is 1.15 bits per heavy atom. The highest BCUT2D eigenvalue weighted by molar-refractivity contribution is 6.03. The molecular formula is C24H21N3O7. The number of carbonyl (C=O) groups is 2. The molecule has 1 amide bonds. The van der Waals surface area contributed by atoms with Crippen molar-refractivity contribution in [3.8, 4) is 5.75 Å². The van der Waals surface area contributed by atoms with E-state index < -0.39 is 29.4 Å². The second-order valence-electron chi connectivity index (χ2n) is 7.47. The molecule has 1 aliphatic heterocycles. The third-order valence-corrected chi connectivity index (χ3v) is 5.34. The second-order valence-corrected chi connectivity index (χ2v) is 7.47. The van der Waals surface area contributed by atoms with Gasteiger partial charge in [-0.1, -0.05) is 18.2 Å². The molecule has 1 atom stereocenters. The topological polar surface area (TPSA) is 124 Å². The Hall–Kier alpha value is -4.47. The second kappa shape index (κ2) is 9.99. The van der Waals surface area contributed by atoms with Crippen molar-refractivity contribution in [3.63, 3.8) is 0 Å². The van der Waals surface area contributed by atoms with Crippen molar-refractivity contribution in [1.29, 1.82) is 0 Å². The minimum Gasteiger partial charge on any atom is -0.497 e. The molecule has 1 aliphatic rings. The van der Waals surface area contributed by atoms with E-state index in [1.54, 1.807) is 37.4 Å². The van der Waals surface area contributed by atoms with Crippen molar-refractivity contribution in [1.82, 2.24) is 5.01 Å². The van der Waals surface area contributed by atoms with Gasteiger partial charge in [0.05, 0.1) is 30.4 Å². The van der Waals surface area contributed by atoms with Crippen LogP contribution in [0.2, 0.25) is 0 Å². The fourth-order valence-corrected chi connectivity index (χ4v) is 3.65. The summed E-state index contributed by atoms with van der Waals surface area (Å²) in [5.74, 6) is -0.0492. The predicted molar refractivity (Wildman–Crippen MR) is 120 cm³/mol. The predicted octanol–water partition coefficient (Wildman–Crippen LogP) is 3.66. The average Bonchev–Trinajstić information content (AvgIpc) is 3.53. The summed E-state index contributed by atoms with van der Waals surface area (Å²) in [6.45, 7) is -0.559. The quantitative estimate of drug-likeness (QED) is 0.284. The molecule has 0 spiro atoms. The average molecular weight is 463 g/mol. The van der Waals surface area contributed by atoms with Gasteiger partial charge in [-0.25, -0.2) is 5.01 Å². The van der Waals surface area contributed by atoms with Crippen LogP contribution in [0.1, 0.15) is 29.3 Å². The van der Waals surface area contributed by atoms with Gasteiger partial charge in [0.15, 0.2) is 6.61 Å². The van der Waals surface area contributed by atoms with Crippen LogP contribution in [-0.4, -0.2) is 41.2 Å². The number of ether oxygens (including phenoxy) is 2. The number of nitro groups is 1. The smallest absolute Gasteiger partial charge is 0.311 e. The number of para-hydroxylation sites is 1. The Labute approximate surface area is 194 Å². The molecule has 0 saturated heterocycles. The first-order chi connectivity index (χ1) is 16.5. The fraction of sp³-hybridized carbons (Fsp3) is 0.208. The van der Waals surface area contributed by atoms with Crippen molar-refractivity contribution in [2.75, 3.05) is 13.7 Å². The van der Waals surface area contributed by atoms with Crippen LogP contribution >= 0.6 is 0 Å². The largest absolute Gasteiger partial charge is 0.497 e. The van der Waals surface area contributed by atoms with E-state index >= 15 is 0 Å². The van der Waals surface area contributed by atoms with E-state index in [9.17, 15) is 19.7 Å². The summed E-state index contributed by atoms with van der Waals surface area (Å²) < 4.78 is 15.8. The summed E-state index contributed by atoms with van der Waals surface area (Å²) in [5, 5.41) is 16.9. The van der Waals surface area contributed by atoms with E-state index in [0.717, 1.165) is 5.56 Å². The van der Waals surface area contributed by atoms with E-state index in [2.05, 4.69) is 5.10 Å². The zero-order valence-corrected chi connectivity index (χ0v) is 18.2. The summed E-state index contributed by atoms with van der Waals surface area (Å²) >= 11 is 0. The summed E-state index contributed by atoms with van der Waals surface area (Å²) in [6.07, 6.45) is 1.60. The SMILES string of the molecule is COc1ccc(C2=NN(C(=O)COC(=O)Cc3ccccc3[N+](=O)[O-])C(c3ccco3)C2)cc1. The van der Waals surface area contributed by atoms with Crippen molar-refractivity contribution in [2.45, 2.75) is 18.9 Å². The summed E-state index contributed by atoms with van der Waals surface area (Å²) in [4.78, 5) is 35.8. The molecule has 0 saturated carbocycles. The number of amides is 1. The molecule has 0 bridgehead atoms.